The Bertz CT molecular complexity index is 780. The zero-order valence-corrected chi connectivity index (χ0v) is 12.7. The molecule has 3 N–H and O–H groups in total. The van der Waals surface area contributed by atoms with Gasteiger partial charge in [-0.05, 0) is 0 Å². The van der Waals surface area contributed by atoms with E-state index in [4.69, 9.17) is 16.3 Å². The van der Waals surface area contributed by atoms with E-state index in [1.54, 1.807) is 13.8 Å². The highest BCUT2D eigenvalue weighted by atomic mass is 35.5. The first-order chi connectivity index (χ1) is 10.3. The van der Waals surface area contributed by atoms with Gasteiger partial charge in [0.05, 0.1) is 12.9 Å². The highest BCUT2D eigenvalue weighted by Crippen LogP contribution is 2.75. The zero-order chi connectivity index (χ0) is 15.9. The number of hydrogen-bond donors (Lipinski definition) is 3. The number of hydrogen-bond acceptors (Lipinski definition) is 7. The fourth-order valence-electron chi connectivity index (χ4n) is 3.83. The molecule has 4 rings (SSSR count). The van der Waals surface area contributed by atoms with Gasteiger partial charge in [0.15, 0.2) is 17.0 Å². The lowest BCUT2D eigenvalue weighted by Crippen LogP contribution is -2.36. The van der Waals surface area contributed by atoms with Crippen LogP contribution in [0.3, 0.4) is 0 Å². The van der Waals surface area contributed by atoms with Gasteiger partial charge >= 0.3 is 0 Å². The largest absolute Gasteiger partial charge is 0.394 e. The van der Waals surface area contributed by atoms with Gasteiger partial charge in [-0.25, -0.2) is 15.0 Å². The van der Waals surface area contributed by atoms with E-state index in [-0.39, 0.29) is 5.15 Å². The SMILES string of the molecule is CC1(C)[C@]2(O)[C@H](n3cnc4c(Cl)ncnc43)O[C@H](CO)[C@]12O. The van der Waals surface area contributed by atoms with Gasteiger partial charge in [-0.2, -0.15) is 0 Å². The molecular formula is C13H15ClN4O4. The quantitative estimate of drug-likeness (QED) is 0.659. The summed E-state index contributed by atoms with van der Waals surface area (Å²) in [6, 6.07) is 0. The number of aliphatic hydroxyl groups excluding tert-OH is 1. The van der Waals surface area contributed by atoms with Crippen molar-refractivity contribution in [3.05, 3.63) is 17.8 Å². The maximum Gasteiger partial charge on any atom is 0.169 e. The minimum atomic E-state index is -1.56. The topological polar surface area (TPSA) is 114 Å². The van der Waals surface area contributed by atoms with Crippen molar-refractivity contribution < 1.29 is 20.1 Å². The molecule has 118 valence electrons. The molecule has 2 aliphatic rings. The van der Waals surface area contributed by atoms with Crippen molar-refractivity contribution in [3.8, 4) is 0 Å². The molecular weight excluding hydrogens is 312 g/mol. The second-order valence-corrected chi connectivity index (χ2v) is 6.66. The third kappa shape index (κ3) is 1.24. The van der Waals surface area contributed by atoms with E-state index < -0.39 is 35.6 Å². The Hall–Kier alpha value is -1.32. The van der Waals surface area contributed by atoms with Crippen LogP contribution in [0.5, 0.6) is 0 Å². The normalized spacial score (nSPS) is 39.2. The Morgan fingerprint density at radius 3 is 2.64 bits per heavy atom. The van der Waals surface area contributed by atoms with Crippen molar-refractivity contribution in [1.29, 1.82) is 0 Å². The molecule has 9 heteroatoms. The predicted octanol–water partition coefficient (Wildman–Crippen LogP) is -0.129. The third-order valence-electron chi connectivity index (χ3n) is 5.27. The lowest BCUT2D eigenvalue weighted by Gasteiger charge is -2.26. The van der Waals surface area contributed by atoms with Crippen molar-refractivity contribution in [1.82, 2.24) is 19.5 Å². The molecule has 1 aliphatic heterocycles. The maximum atomic E-state index is 11.0. The predicted molar refractivity (Wildman–Crippen MR) is 75.0 cm³/mol. The van der Waals surface area contributed by atoms with Gasteiger partial charge in [-0.15, -0.1) is 0 Å². The first-order valence-electron chi connectivity index (χ1n) is 6.84. The molecule has 0 aromatic carbocycles. The van der Waals surface area contributed by atoms with Gasteiger partial charge in [-0.3, -0.25) is 4.57 Å². The van der Waals surface area contributed by atoms with E-state index in [0.29, 0.717) is 11.2 Å². The average Bonchev–Trinajstić information content (AvgIpc) is 2.86. The second-order valence-electron chi connectivity index (χ2n) is 6.31. The van der Waals surface area contributed by atoms with Gasteiger partial charge in [0.1, 0.15) is 29.2 Å². The van der Waals surface area contributed by atoms with Crippen LogP contribution < -0.4 is 0 Å². The molecule has 0 unspecified atom stereocenters. The summed E-state index contributed by atoms with van der Waals surface area (Å²) in [6.07, 6.45) is 0.894. The number of halogens is 1. The molecule has 1 saturated carbocycles. The molecule has 0 bridgehead atoms. The van der Waals surface area contributed by atoms with Crippen LogP contribution in [0.4, 0.5) is 0 Å². The molecule has 2 aromatic heterocycles. The van der Waals surface area contributed by atoms with Crippen molar-refractivity contribution in [2.75, 3.05) is 6.61 Å². The van der Waals surface area contributed by atoms with E-state index >= 15 is 0 Å². The number of imidazole rings is 1. The number of aromatic nitrogens is 4. The number of rotatable bonds is 2. The summed E-state index contributed by atoms with van der Waals surface area (Å²) in [5.74, 6) is 0. The van der Waals surface area contributed by atoms with Crippen LogP contribution in [-0.4, -0.2) is 58.8 Å². The van der Waals surface area contributed by atoms with E-state index in [9.17, 15) is 15.3 Å². The fourth-order valence-corrected chi connectivity index (χ4v) is 4.01. The minimum absolute atomic E-state index is 0.192. The Balaban J connectivity index is 1.88. The summed E-state index contributed by atoms with van der Waals surface area (Å²) < 4.78 is 7.19. The number of nitrogens with zero attached hydrogens (tertiary/aromatic N) is 4. The van der Waals surface area contributed by atoms with Crippen LogP contribution in [0.1, 0.15) is 20.1 Å². The van der Waals surface area contributed by atoms with Crippen LogP contribution in [0.2, 0.25) is 5.15 Å². The average molecular weight is 327 g/mol. The Morgan fingerprint density at radius 2 is 2.00 bits per heavy atom. The molecule has 22 heavy (non-hydrogen) atoms. The molecule has 1 saturated heterocycles. The lowest BCUT2D eigenvalue weighted by molar-refractivity contribution is -0.123. The summed E-state index contributed by atoms with van der Waals surface area (Å²) in [5, 5.41) is 31.5. The highest BCUT2D eigenvalue weighted by Gasteiger charge is 2.92. The van der Waals surface area contributed by atoms with Crippen LogP contribution in [0, 0.1) is 5.41 Å². The van der Waals surface area contributed by atoms with Crippen LogP contribution in [-0.2, 0) is 4.74 Å². The first-order valence-corrected chi connectivity index (χ1v) is 7.22. The number of aliphatic hydroxyl groups is 3. The van der Waals surface area contributed by atoms with Crippen LogP contribution in [0.25, 0.3) is 11.2 Å². The lowest BCUT2D eigenvalue weighted by atomic mass is 10.0. The number of fused-ring (bicyclic) bond motifs is 2. The second kappa shape index (κ2) is 3.95. The van der Waals surface area contributed by atoms with E-state index in [1.165, 1.54) is 17.2 Å². The summed E-state index contributed by atoms with van der Waals surface area (Å²) in [6.45, 7) is 3.06. The van der Waals surface area contributed by atoms with Gasteiger partial charge in [0.25, 0.3) is 0 Å². The fraction of sp³-hybridized carbons (Fsp3) is 0.615. The molecule has 1 aliphatic carbocycles. The molecule has 8 nitrogen and oxygen atoms in total. The Morgan fingerprint density at radius 1 is 1.27 bits per heavy atom. The van der Waals surface area contributed by atoms with Crippen LogP contribution >= 0.6 is 11.6 Å². The van der Waals surface area contributed by atoms with Gasteiger partial charge in [-0.1, -0.05) is 25.4 Å². The van der Waals surface area contributed by atoms with Gasteiger partial charge < -0.3 is 20.1 Å². The Labute approximate surface area is 130 Å². The molecule has 2 fully saturated rings. The Kier molecular flexibility index (Phi) is 2.57. The zero-order valence-electron chi connectivity index (χ0n) is 11.9. The smallest absolute Gasteiger partial charge is 0.169 e. The van der Waals surface area contributed by atoms with E-state index in [1.807, 2.05) is 0 Å². The van der Waals surface area contributed by atoms with Gasteiger partial charge in [0.2, 0.25) is 0 Å². The van der Waals surface area contributed by atoms with Crippen LogP contribution in [0.15, 0.2) is 12.7 Å². The van der Waals surface area contributed by atoms with Crippen molar-refractivity contribution >= 4 is 22.8 Å². The molecule has 2 aromatic rings. The van der Waals surface area contributed by atoms with Crippen molar-refractivity contribution in [2.45, 2.75) is 37.4 Å². The molecule has 0 amide bonds. The minimum Gasteiger partial charge on any atom is -0.394 e. The first kappa shape index (κ1) is 14.3. The monoisotopic (exact) mass is 326 g/mol. The van der Waals surface area contributed by atoms with Crippen molar-refractivity contribution in [3.63, 3.8) is 0 Å². The summed E-state index contributed by atoms with van der Waals surface area (Å²) >= 11 is 5.98. The molecule has 3 heterocycles. The number of ether oxygens (including phenoxy) is 1. The summed E-state index contributed by atoms with van der Waals surface area (Å²) in [4.78, 5) is 12.1. The van der Waals surface area contributed by atoms with Gasteiger partial charge in [0, 0.05) is 5.41 Å². The van der Waals surface area contributed by atoms with Crippen molar-refractivity contribution in [2.24, 2.45) is 5.41 Å². The highest BCUT2D eigenvalue weighted by molar-refractivity contribution is 6.33. The summed E-state index contributed by atoms with van der Waals surface area (Å²) in [7, 11) is 0. The maximum absolute atomic E-state index is 11.0. The summed E-state index contributed by atoms with van der Waals surface area (Å²) in [5.41, 5.74) is -3.16. The van der Waals surface area contributed by atoms with E-state index in [2.05, 4.69) is 15.0 Å². The standard InChI is InChI=1S/C13H15ClN4O4/c1-11(2)12(20)6(3-19)22-10(13(11,12)21)18-5-17-7-8(14)15-4-16-9(7)18/h4-6,10,19-21H,3H2,1-2H3/t6-,10-,12+,13-/m1/s1. The molecule has 4 atom stereocenters. The molecule has 0 radical (unpaired) electrons. The van der Waals surface area contributed by atoms with E-state index in [0.717, 1.165) is 0 Å². The third-order valence-corrected chi connectivity index (χ3v) is 5.55. The molecule has 0 spiro atoms.